The number of nitrogens with zero attached hydrogens (tertiary/aromatic N) is 3. The zero-order valence-corrected chi connectivity index (χ0v) is 15.5. The molecule has 1 aliphatic rings. The van der Waals surface area contributed by atoms with Crippen molar-refractivity contribution >= 4 is 29.2 Å². The third-order valence-electron chi connectivity index (χ3n) is 3.51. The smallest absolute Gasteiger partial charge is 0.414 e. The second kappa shape index (κ2) is 7.50. The third kappa shape index (κ3) is 4.46. The van der Waals surface area contributed by atoms with Gasteiger partial charge in [0, 0.05) is 12.2 Å². The molecule has 0 bridgehead atoms. The summed E-state index contributed by atoms with van der Waals surface area (Å²) in [5, 5.41) is 21.6. The number of thioether (sulfide) groups is 1. The lowest BCUT2D eigenvalue weighted by Crippen LogP contribution is -2.35. The maximum Gasteiger partial charge on any atom is 0.414 e. The number of allylic oxidation sites excluding steroid dienone is 1. The van der Waals surface area contributed by atoms with Crippen molar-refractivity contribution in [3.8, 4) is 12.1 Å². The molecule has 0 radical (unpaired) electrons. The SMILES string of the molecule is CSC(Nc1ccc2c(c1)N(C(=O)OC(C)(C)C)CC2)=C(C#N)C#N. The highest BCUT2D eigenvalue weighted by molar-refractivity contribution is 8.02. The zero-order valence-electron chi connectivity index (χ0n) is 14.7. The van der Waals surface area contributed by atoms with E-state index >= 15 is 0 Å². The second-order valence-corrected chi connectivity index (χ2v) is 7.30. The first-order chi connectivity index (χ1) is 11.8. The van der Waals surface area contributed by atoms with E-state index in [0.717, 1.165) is 17.7 Å². The minimum atomic E-state index is -0.557. The third-order valence-corrected chi connectivity index (χ3v) is 4.22. The normalized spacial score (nSPS) is 12.6. The van der Waals surface area contributed by atoms with Crippen molar-refractivity contribution in [2.45, 2.75) is 32.8 Å². The molecule has 0 saturated carbocycles. The molecular weight excluding hydrogens is 336 g/mol. The van der Waals surface area contributed by atoms with E-state index in [9.17, 15) is 4.79 Å². The summed E-state index contributed by atoms with van der Waals surface area (Å²) in [6.45, 7) is 6.07. The number of hydrogen-bond donors (Lipinski definition) is 1. The van der Waals surface area contributed by atoms with Gasteiger partial charge in [-0.15, -0.1) is 11.8 Å². The van der Waals surface area contributed by atoms with E-state index in [1.54, 1.807) is 11.2 Å². The summed E-state index contributed by atoms with van der Waals surface area (Å²) < 4.78 is 5.46. The summed E-state index contributed by atoms with van der Waals surface area (Å²) in [6, 6.07) is 9.42. The van der Waals surface area contributed by atoms with Crippen molar-refractivity contribution in [3.63, 3.8) is 0 Å². The highest BCUT2D eigenvalue weighted by atomic mass is 32.2. The van der Waals surface area contributed by atoms with Crippen LogP contribution in [0.3, 0.4) is 0 Å². The van der Waals surface area contributed by atoms with Crippen molar-refractivity contribution in [2.75, 3.05) is 23.0 Å². The van der Waals surface area contributed by atoms with Gasteiger partial charge in [-0.2, -0.15) is 10.5 Å². The topological polar surface area (TPSA) is 89.2 Å². The van der Waals surface area contributed by atoms with E-state index in [-0.39, 0.29) is 11.7 Å². The summed E-state index contributed by atoms with van der Waals surface area (Å²) in [5.74, 6) is 0. The molecule has 0 unspecified atom stereocenters. The summed E-state index contributed by atoms with van der Waals surface area (Å²) >= 11 is 1.29. The van der Waals surface area contributed by atoms with E-state index in [1.807, 2.05) is 51.1 Å². The first kappa shape index (κ1) is 18.7. The van der Waals surface area contributed by atoms with Gasteiger partial charge in [-0.25, -0.2) is 4.79 Å². The Kier molecular flexibility index (Phi) is 5.61. The predicted molar refractivity (Wildman–Crippen MR) is 99.1 cm³/mol. The highest BCUT2D eigenvalue weighted by Crippen LogP contribution is 2.33. The van der Waals surface area contributed by atoms with Crippen molar-refractivity contribution in [1.82, 2.24) is 0 Å². The lowest BCUT2D eigenvalue weighted by molar-refractivity contribution is 0.0584. The van der Waals surface area contributed by atoms with Crippen molar-refractivity contribution in [3.05, 3.63) is 34.4 Å². The fourth-order valence-electron chi connectivity index (χ4n) is 2.44. The molecule has 2 rings (SSSR count). The van der Waals surface area contributed by atoms with Crippen LogP contribution in [-0.4, -0.2) is 24.5 Å². The Bertz CT molecular complexity index is 781. The fourth-order valence-corrected chi connectivity index (χ4v) is 2.95. The maximum atomic E-state index is 12.4. The van der Waals surface area contributed by atoms with Gasteiger partial charge in [0.25, 0.3) is 0 Å². The molecule has 0 fully saturated rings. The lowest BCUT2D eigenvalue weighted by Gasteiger charge is -2.25. The number of ether oxygens (including phenoxy) is 1. The first-order valence-corrected chi connectivity index (χ1v) is 9.00. The van der Waals surface area contributed by atoms with Gasteiger partial charge in [0.15, 0.2) is 5.57 Å². The van der Waals surface area contributed by atoms with Crippen molar-refractivity contribution in [2.24, 2.45) is 0 Å². The maximum absolute atomic E-state index is 12.4. The number of rotatable bonds is 3. The molecule has 0 saturated heterocycles. The molecule has 1 aromatic rings. The molecule has 1 aromatic carbocycles. The standard InChI is InChI=1S/C18H20N4O2S/c1-18(2,3)24-17(23)22-8-7-12-5-6-14(9-15(12)22)21-16(25-4)13(10-19)11-20/h5-6,9,21H,7-8H2,1-4H3. The molecule has 130 valence electrons. The molecule has 0 spiro atoms. The molecular formula is C18H20N4O2S. The van der Waals surface area contributed by atoms with Crippen LogP contribution in [0.5, 0.6) is 0 Å². The van der Waals surface area contributed by atoms with Gasteiger partial charge in [0.2, 0.25) is 0 Å². The van der Waals surface area contributed by atoms with E-state index in [2.05, 4.69) is 5.32 Å². The molecule has 6 nitrogen and oxygen atoms in total. The molecule has 1 N–H and O–H groups in total. The number of hydrogen-bond acceptors (Lipinski definition) is 6. The van der Waals surface area contributed by atoms with Gasteiger partial charge in [-0.05, 0) is 51.1 Å². The predicted octanol–water partition coefficient (Wildman–Crippen LogP) is 4.02. The highest BCUT2D eigenvalue weighted by Gasteiger charge is 2.29. The zero-order chi connectivity index (χ0) is 18.6. The van der Waals surface area contributed by atoms with Crippen LogP contribution >= 0.6 is 11.8 Å². The van der Waals surface area contributed by atoms with E-state index in [0.29, 0.717) is 17.3 Å². The number of anilines is 2. The van der Waals surface area contributed by atoms with Crippen LogP contribution in [0.4, 0.5) is 16.2 Å². The number of benzene rings is 1. The average Bonchev–Trinajstić information content (AvgIpc) is 2.96. The number of amides is 1. The summed E-state index contributed by atoms with van der Waals surface area (Å²) in [4.78, 5) is 14.0. The number of nitriles is 2. The fraction of sp³-hybridized carbons (Fsp3) is 0.389. The van der Waals surface area contributed by atoms with Crippen LogP contribution in [0.2, 0.25) is 0 Å². The quantitative estimate of drug-likeness (QED) is 0.823. The largest absolute Gasteiger partial charge is 0.443 e. The number of carbonyl (C=O) groups is 1. The molecule has 0 atom stereocenters. The van der Waals surface area contributed by atoms with Crippen molar-refractivity contribution < 1.29 is 9.53 Å². The van der Waals surface area contributed by atoms with Crippen LogP contribution in [0, 0.1) is 22.7 Å². The van der Waals surface area contributed by atoms with E-state index < -0.39 is 5.60 Å². The molecule has 7 heteroatoms. The Morgan fingerprint density at radius 2 is 2.00 bits per heavy atom. The molecule has 0 aliphatic carbocycles. The molecule has 1 aliphatic heterocycles. The Morgan fingerprint density at radius 3 is 2.56 bits per heavy atom. The van der Waals surface area contributed by atoms with E-state index in [1.165, 1.54) is 11.8 Å². The Labute approximate surface area is 152 Å². The molecule has 1 amide bonds. The van der Waals surface area contributed by atoms with Gasteiger partial charge in [-0.3, -0.25) is 4.90 Å². The molecule has 1 heterocycles. The monoisotopic (exact) mass is 356 g/mol. The van der Waals surface area contributed by atoms with Gasteiger partial charge < -0.3 is 10.1 Å². The first-order valence-electron chi connectivity index (χ1n) is 7.78. The number of nitrogens with one attached hydrogen (secondary N) is 1. The van der Waals surface area contributed by atoms with Gasteiger partial charge in [-0.1, -0.05) is 6.07 Å². The summed E-state index contributed by atoms with van der Waals surface area (Å²) in [7, 11) is 0. The van der Waals surface area contributed by atoms with Crippen LogP contribution in [0.1, 0.15) is 26.3 Å². The minimum absolute atomic E-state index is 0.0250. The van der Waals surface area contributed by atoms with Gasteiger partial charge in [0.1, 0.15) is 22.8 Å². The molecule has 0 aromatic heterocycles. The summed E-state index contributed by atoms with van der Waals surface area (Å²) in [5.41, 5.74) is 2.03. The van der Waals surface area contributed by atoms with Crippen LogP contribution < -0.4 is 10.2 Å². The van der Waals surface area contributed by atoms with Crippen LogP contribution in [0.15, 0.2) is 28.8 Å². The average molecular weight is 356 g/mol. The Hall–Kier alpha value is -2.64. The number of carbonyl (C=O) groups excluding carboxylic acids is 1. The Morgan fingerprint density at radius 1 is 1.32 bits per heavy atom. The van der Waals surface area contributed by atoms with Gasteiger partial charge >= 0.3 is 6.09 Å². The lowest BCUT2D eigenvalue weighted by atomic mass is 10.1. The van der Waals surface area contributed by atoms with Crippen LogP contribution in [-0.2, 0) is 11.2 Å². The Balaban J connectivity index is 2.29. The summed E-state index contributed by atoms with van der Waals surface area (Å²) in [6.07, 6.45) is 2.18. The van der Waals surface area contributed by atoms with Crippen molar-refractivity contribution in [1.29, 1.82) is 10.5 Å². The van der Waals surface area contributed by atoms with Crippen LogP contribution in [0.25, 0.3) is 0 Å². The van der Waals surface area contributed by atoms with Gasteiger partial charge in [0.05, 0.1) is 5.69 Å². The molecule has 25 heavy (non-hydrogen) atoms. The number of fused-ring (bicyclic) bond motifs is 1. The van der Waals surface area contributed by atoms with E-state index in [4.69, 9.17) is 15.3 Å². The second-order valence-electron chi connectivity index (χ2n) is 6.48. The minimum Gasteiger partial charge on any atom is -0.443 e.